The number of piperidine rings is 1. The van der Waals surface area contributed by atoms with Crippen molar-refractivity contribution in [3.05, 3.63) is 35.9 Å². The highest BCUT2D eigenvalue weighted by molar-refractivity contribution is 9.09. The molecule has 0 aromatic carbocycles. The van der Waals surface area contributed by atoms with Gasteiger partial charge < -0.3 is 25.9 Å². The van der Waals surface area contributed by atoms with Crippen LogP contribution in [0.5, 0.6) is 0 Å². The number of sulfonamides is 1. The number of halogens is 1. The first-order valence-electron chi connectivity index (χ1n) is 13.1. The van der Waals surface area contributed by atoms with E-state index in [0.29, 0.717) is 12.2 Å². The third kappa shape index (κ3) is 15.5. The molecule has 37 heavy (non-hydrogen) atoms. The van der Waals surface area contributed by atoms with Gasteiger partial charge in [0.05, 0.1) is 5.25 Å². The second-order valence-electron chi connectivity index (χ2n) is 7.59. The van der Waals surface area contributed by atoms with Gasteiger partial charge in [-0.3, -0.25) is 5.32 Å². The molecule has 6 N–H and O–H groups in total. The van der Waals surface area contributed by atoms with Gasteiger partial charge in [-0.2, -0.15) is 4.98 Å². The van der Waals surface area contributed by atoms with Crippen molar-refractivity contribution < 1.29 is 17.9 Å². The standard InChI is InChI=1S/C13H21BrN4O2.C8H18N2O2S.2C2H6/c1-3-16-10(5-4-6-14)7-9(2)17-12(19)11-8-20-13(15)18-11;1-3-10(2)13(11,12)8-4-6-9-7-5-8;2*1-2/h4-5,7-9,12,16-17,19H,3,6H2,1-2H3,(H2,15,18);8-9H,3-7H2,1-2H3;2*1-2H3/b5-4-,10-7+;;;. The maximum atomic E-state index is 11.8. The SMILES string of the molecule is CC.CC.CCN(C)S(=O)(=O)C1CCNCC1.CCNC(/C=C\CBr)=C/C(C)NC(O)c1coc(N)n1. The number of aliphatic hydroxyl groups excluding tert-OH is 1. The molecule has 10 nitrogen and oxygen atoms in total. The Hall–Kier alpha value is -1.44. The largest absolute Gasteiger partial charge is 0.432 e. The summed E-state index contributed by atoms with van der Waals surface area (Å²) in [4.78, 5) is 3.87. The number of nitrogens with zero attached hydrogens (tertiary/aromatic N) is 2. The Morgan fingerprint density at radius 1 is 1.32 bits per heavy atom. The van der Waals surface area contributed by atoms with E-state index in [1.807, 2.05) is 66.7 Å². The summed E-state index contributed by atoms with van der Waals surface area (Å²) >= 11 is 3.34. The zero-order chi connectivity index (χ0) is 28.9. The zero-order valence-electron chi connectivity index (χ0n) is 23.9. The van der Waals surface area contributed by atoms with Crippen molar-refractivity contribution in [2.45, 2.75) is 78.8 Å². The van der Waals surface area contributed by atoms with Crippen LogP contribution in [0.15, 0.2) is 34.6 Å². The van der Waals surface area contributed by atoms with Crippen LogP contribution in [-0.4, -0.2) is 72.7 Å². The Balaban J connectivity index is 0. The van der Waals surface area contributed by atoms with Crippen molar-refractivity contribution in [1.82, 2.24) is 25.2 Å². The molecule has 1 aromatic heterocycles. The van der Waals surface area contributed by atoms with Crippen molar-refractivity contribution >= 4 is 32.0 Å². The van der Waals surface area contributed by atoms with Crippen molar-refractivity contribution in [3.63, 3.8) is 0 Å². The Morgan fingerprint density at radius 2 is 1.92 bits per heavy atom. The first-order valence-corrected chi connectivity index (χ1v) is 15.8. The Morgan fingerprint density at radius 3 is 2.38 bits per heavy atom. The van der Waals surface area contributed by atoms with Crippen LogP contribution in [0.3, 0.4) is 0 Å². The molecule has 0 saturated carbocycles. The molecular weight excluding hydrogens is 560 g/mol. The number of hydrogen-bond acceptors (Lipinski definition) is 9. The molecule has 0 amide bonds. The molecule has 1 aliphatic heterocycles. The van der Waals surface area contributed by atoms with E-state index in [1.165, 1.54) is 10.6 Å². The molecule has 0 radical (unpaired) electrons. The molecule has 2 unspecified atom stereocenters. The fraction of sp³-hybridized carbons (Fsp3) is 0.720. The average Bonchev–Trinajstić information content (AvgIpc) is 3.36. The van der Waals surface area contributed by atoms with Crippen LogP contribution in [0.4, 0.5) is 6.01 Å². The summed E-state index contributed by atoms with van der Waals surface area (Å²) in [6.45, 7) is 16.9. The van der Waals surface area contributed by atoms with E-state index < -0.39 is 16.3 Å². The number of oxazole rings is 1. The van der Waals surface area contributed by atoms with Crippen LogP contribution < -0.4 is 21.7 Å². The van der Waals surface area contributed by atoms with Gasteiger partial charge in [-0.25, -0.2) is 12.7 Å². The van der Waals surface area contributed by atoms with Gasteiger partial charge in [0.15, 0.2) is 6.23 Å². The molecule has 12 heteroatoms. The summed E-state index contributed by atoms with van der Waals surface area (Å²) in [5.74, 6) is 0. The predicted octanol–water partition coefficient (Wildman–Crippen LogP) is 3.74. The highest BCUT2D eigenvalue weighted by Gasteiger charge is 2.29. The molecular formula is C25H51BrN6O4S. The number of hydrogen-bond donors (Lipinski definition) is 5. The van der Waals surface area contributed by atoms with Gasteiger partial charge in [0.1, 0.15) is 12.0 Å². The van der Waals surface area contributed by atoms with Gasteiger partial charge >= 0.3 is 0 Å². The van der Waals surface area contributed by atoms with E-state index >= 15 is 0 Å². The number of nitrogens with one attached hydrogen (secondary N) is 3. The monoisotopic (exact) mass is 610 g/mol. The van der Waals surface area contributed by atoms with E-state index in [0.717, 1.165) is 43.5 Å². The Kier molecular flexibility index (Phi) is 23.0. The highest BCUT2D eigenvalue weighted by Crippen LogP contribution is 2.16. The van der Waals surface area contributed by atoms with E-state index in [-0.39, 0.29) is 17.3 Å². The summed E-state index contributed by atoms with van der Waals surface area (Å²) in [6.07, 6.45) is 7.85. The number of alkyl halides is 1. The predicted molar refractivity (Wildman–Crippen MR) is 159 cm³/mol. The molecule has 0 aliphatic carbocycles. The summed E-state index contributed by atoms with van der Waals surface area (Å²) < 4.78 is 29.9. The number of likely N-dealkylation sites (N-methyl/N-ethyl adjacent to an activating group) is 1. The zero-order valence-corrected chi connectivity index (χ0v) is 26.3. The quantitative estimate of drug-likeness (QED) is 0.144. The highest BCUT2D eigenvalue weighted by atomic mass is 79.9. The van der Waals surface area contributed by atoms with Gasteiger partial charge in [-0.15, -0.1) is 0 Å². The third-order valence-corrected chi connectivity index (χ3v) is 7.84. The molecule has 1 fully saturated rings. The van der Waals surface area contributed by atoms with E-state index in [9.17, 15) is 13.5 Å². The average molecular weight is 612 g/mol. The lowest BCUT2D eigenvalue weighted by Crippen LogP contribution is -2.42. The number of allylic oxidation sites excluding steroid dienone is 2. The van der Waals surface area contributed by atoms with Crippen LogP contribution in [0, 0.1) is 0 Å². The lowest BCUT2D eigenvalue weighted by Gasteiger charge is -2.26. The third-order valence-electron chi connectivity index (χ3n) is 5.02. The minimum atomic E-state index is -3.02. The van der Waals surface area contributed by atoms with Crippen molar-refractivity contribution in [3.8, 4) is 0 Å². The van der Waals surface area contributed by atoms with E-state index in [1.54, 1.807) is 7.05 Å². The number of rotatable bonds is 11. The number of anilines is 1. The van der Waals surface area contributed by atoms with Gasteiger partial charge in [0, 0.05) is 37.2 Å². The number of nitrogens with two attached hydrogens (primary N) is 1. The molecule has 1 saturated heterocycles. The number of aromatic nitrogens is 1. The van der Waals surface area contributed by atoms with Crippen molar-refractivity contribution in [2.24, 2.45) is 0 Å². The molecule has 2 rings (SSSR count). The number of aliphatic hydroxyl groups is 1. The smallest absolute Gasteiger partial charge is 0.292 e. The van der Waals surface area contributed by atoms with Crippen LogP contribution in [0.25, 0.3) is 0 Å². The Bertz CT molecular complexity index is 842. The second kappa shape index (κ2) is 22.5. The molecule has 1 aromatic rings. The number of nitrogen functional groups attached to an aromatic ring is 1. The first kappa shape index (κ1) is 37.7. The molecule has 2 atom stereocenters. The van der Waals surface area contributed by atoms with E-state index in [2.05, 4.69) is 36.9 Å². The summed E-state index contributed by atoms with van der Waals surface area (Å²) in [7, 11) is -1.37. The van der Waals surface area contributed by atoms with E-state index in [4.69, 9.17) is 10.2 Å². The topological polar surface area (TPSA) is 146 Å². The second-order valence-corrected chi connectivity index (χ2v) is 10.6. The van der Waals surface area contributed by atoms with Gasteiger partial charge in [0.2, 0.25) is 10.0 Å². The molecule has 0 bridgehead atoms. The minimum Gasteiger partial charge on any atom is -0.432 e. The van der Waals surface area contributed by atoms with Crippen LogP contribution in [0.2, 0.25) is 0 Å². The minimum absolute atomic E-state index is 0.0395. The van der Waals surface area contributed by atoms with Crippen molar-refractivity contribution in [1.29, 1.82) is 0 Å². The van der Waals surface area contributed by atoms with Crippen LogP contribution in [-0.2, 0) is 10.0 Å². The maximum absolute atomic E-state index is 11.8. The molecule has 2 heterocycles. The Labute approximate surface area is 233 Å². The van der Waals surface area contributed by atoms with Crippen molar-refractivity contribution in [2.75, 3.05) is 44.3 Å². The van der Waals surface area contributed by atoms with Gasteiger partial charge in [0.25, 0.3) is 6.01 Å². The maximum Gasteiger partial charge on any atom is 0.292 e. The summed E-state index contributed by atoms with van der Waals surface area (Å²) in [5.41, 5.74) is 6.72. The van der Waals surface area contributed by atoms with Gasteiger partial charge in [-0.05, 0) is 51.9 Å². The lowest BCUT2D eigenvalue weighted by molar-refractivity contribution is 0.128. The van der Waals surface area contributed by atoms with Crippen LogP contribution >= 0.6 is 15.9 Å². The fourth-order valence-corrected chi connectivity index (χ4v) is 5.04. The van der Waals surface area contributed by atoms with Crippen LogP contribution in [0.1, 0.15) is 73.2 Å². The van der Waals surface area contributed by atoms with Gasteiger partial charge in [-0.1, -0.05) is 56.6 Å². The summed E-state index contributed by atoms with van der Waals surface area (Å²) in [5, 5.41) is 20.0. The fourth-order valence-electron chi connectivity index (χ4n) is 3.15. The first-order chi connectivity index (χ1) is 17.6. The normalized spacial score (nSPS) is 16.0. The molecule has 218 valence electrons. The summed E-state index contributed by atoms with van der Waals surface area (Å²) in [6, 6.07) is -0.0189. The molecule has 0 spiro atoms. The molecule has 1 aliphatic rings. The lowest BCUT2D eigenvalue weighted by atomic mass is 10.2.